The lowest BCUT2D eigenvalue weighted by Gasteiger charge is -2.18. The molecule has 4 heteroatoms. The standard InChI is InChI=1S/C14H16ClN3/c1-10-5-6-11(15)8-13(10)14(18-16)9-12-4-2-3-7-17-12/h2-8,14,18H,9,16H2,1H3. The van der Waals surface area contributed by atoms with Crippen molar-refractivity contribution in [2.24, 2.45) is 5.84 Å². The summed E-state index contributed by atoms with van der Waals surface area (Å²) in [6, 6.07) is 11.7. The van der Waals surface area contributed by atoms with Gasteiger partial charge < -0.3 is 0 Å². The van der Waals surface area contributed by atoms with E-state index in [2.05, 4.69) is 17.3 Å². The van der Waals surface area contributed by atoms with Gasteiger partial charge in [-0.2, -0.15) is 0 Å². The van der Waals surface area contributed by atoms with E-state index in [1.54, 1.807) is 6.20 Å². The van der Waals surface area contributed by atoms with Crippen LogP contribution in [0, 0.1) is 6.92 Å². The van der Waals surface area contributed by atoms with Gasteiger partial charge in [0.1, 0.15) is 0 Å². The maximum absolute atomic E-state index is 6.04. The zero-order valence-electron chi connectivity index (χ0n) is 10.2. The van der Waals surface area contributed by atoms with Crippen molar-refractivity contribution in [3.63, 3.8) is 0 Å². The second-order valence-corrected chi connectivity index (χ2v) is 4.68. The molecule has 0 saturated carbocycles. The number of rotatable bonds is 4. The summed E-state index contributed by atoms with van der Waals surface area (Å²) in [6.07, 6.45) is 2.52. The Labute approximate surface area is 112 Å². The highest BCUT2D eigenvalue weighted by Gasteiger charge is 2.14. The molecular formula is C14H16ClN3. The first-order chi connectivity index (χ1) is 8.70. The molecule has 0 aliphatic rings. The van der Waals surface area contributed by atoms with Gasteiger partial charge in [-0.15, -0.1) is 0 Å². The molecule has 0 spiro atoms. The van der Waals surface area contributed by atoms with Crippen LogP contribution in [-0.2, 0) is 6.42 Å². The summed E-state index contributed by atoms with van der Waals surface area (Å²) in [6.45, 7) is 2.05. The molecule has 94 valence electrons. The van der Waals surface area contributed by atoms with Gasteiger partial charge in [0.2, 0.25) is 0 Å². The molecule has 1 aromatic heterocycles. The van der Waals surface area contributed by atoms with E-state index in [4.69, 9.17) is 17.4 Å². The highest BCUT2D eigenvalue weighted by Crippen LogP contribution is 2.23. The van der Waals surface area contributed by atoms with E-state index in [0.29, 0.717) is 0 Å². The van der Waals surface area contributed by atoms with E-state index in [0.717, 1.165) is 22.7 Å². The van der Waals surface area contributed by atoms with Gasteiger partial charge in [-0.05, 0) is 42.3 Å². The average Bonchev–Trinajstić information content (AvgIpc) is 2.40. The summed E-state index contributed by atoms with van der Waals surface area (Å²) < 4.78 is 0. The van der Waals surface area contributed by atoms with Crippen LogP contribution >= 0.6 is 11.6 Å². The van der Waals surface area contributed by atoms with E-state index >= 15 is 0 Å². The molecule has 3 N–H and O–H groups in total. The molecule has 0 saturated heterocycles. The lowest BCUT2D eigenvalue weighted by Crippen LogP contribution is -2.30. The van der Waals surface area contributed by atoms with Crippen LogP contribution in [0.5, 0.6) is 0 Å². The van der Waals surface area contributed by atoms with E-state index in [9.17, 15) is 0 Å². The number of aryl methyl sites for hydroxylation is 1. The molecule has 0 radical (unpaired) electrons. The van der Waals surface area contributed by atoms with Crippen molar-refractivity contribution in [1.82, 2.24) is 10.4 Å². The van der Waals surface area contributed by atoms with Gasteiger partial charge in [0.05, 0.1) is 6.04 Å². The number of nitrogens with zero attached hydrogens (tertiary/aromatic N) is 1. The maximum atomic E-state index is 6.04. The van der Waals surface area contributed by atoms with Crippen molar-refractivity contribution in [3.8, 4) is 0 Å². The fraction of sp³-hybridized carbons (Fsp3) is 0.214. The Morgan fingerprint density at radius 3 is 2.83 bits per heavy atom. The third-order valence-corrected chi connectivity index (χ3v) is 3.19. The highest BCUT2D eigenvalue weighted by molar-refractivity contribution is 6.30. The van der Waals surface area contributed by atoms with Crippen molar-refractivity contribution in [1.29, 1.82) is 0 Å². The van der Waals surface area contributed by atoms with E-state index in [-0.39, 0.29) is 6.04 Å². The third kappa shape index (κ3) is 3.07. The Bertz CT molecular complexity index is 514. The second-order valence-electron chi connectivity index (χ2n) is 4.25. The lowest BCUT2D eigenvalue weighted by molar-refractivity contribution is 0.543. The van der Waals surface area contributed by atoms with E-state index in [1.807, 2.05) is 36.4 Å². The summed E-state index contributed by atoms with van der Waals surface area (Å²) in [5.41, 5.74) is 6.11. The number of nitrogens with one attached hydrogen (secondary N) is 1. The van der Waals surface area contributed by atoms with Gasteiger partial charge >= 0.3 is 0 Å². The molecule has 1 unspecified atom stereocenters. The van der Waals surface area contributed by atoms with Crippen LogP contribution in [0.25, 0.3) is 0 Å². The lowest BCUT2D eigenvalue weighted by atomic mass is 9.98. The van der Waals surface area contributed by atoms with Crippen molar-refractivity contribution < 1.29 is 0 Å². The van der Waals surface area contributed by atoms with Gasteiger partial charge in [0.25, 0.3) is 0 Å². The molecule has 2 aromatic rings. The summed E-state index contributed by atoms with van der Waals surface area (Å²) in [5, 5.41) is 0.719. The normalized spacial score (nSPS) is 12.4. The number of hydrogen-bond acceptors (Lipinski definition) is 3. The van der Waals surface area contributed by atoms with Crippen LogP contribution in [0.4, 0.5) is 0 Å². The third-order valence-electron chi connectivity index (χ3n) is 2.96. The van der Waals surface area contributed by atoms with Crippen LogP contribution in [-0.4, -0.2) is 4.98 Å². The molecule has 18 heavy (non-hydrogen) atoms. The van der Waals surface area contributed by atoms with Crippen LogP contribution < -0.4 is 11.3 Å². The summed E-state index contributed by atoms with van der Waals surface area (Å²) >= 11 is 6.04. The first-order valence-corrected chi connectivity index (χ1v) is 6.20. The van der Waals surface area contributed by atoms with Gasteiger partial charge in [-0.1, -0.05) is 23.7 Å². The molecule has 0 bridgehead atoms. The topological polar surface area (TPSA) is 50.9 Å². The quantitative estimate of drug-likeness (QED) is 0.657. The highest BCUT2D eigenvalue weighted by atomic mass is 35.5. The summed E-state index contributed by atoms with van der Waals surface area (Å²) in [4.78, 5) is 4.32. The summed E-state index contributed by atoms with van der Waals surface area (Å²) in [5.74, 6) is 5.65. The predicted molar refractivity (Wildman–Crippen MR) is 74.2 cm³/mol. The molecule has 0 fully saturated rings. The van der Waals surface area contributed by atoms with Gasteiger partial charge in [0.15, 0.2) is 0 Å². The minimum Gasteiger partial charge on any atom is -0.271 e. The van der Waals surface area contributed by atoms with Crippen molar-refractivity contribution in [2.45, 2.75) is 19.4 Å². The monoisotopic (exact) mass is 261 g/mol. The molecule has 0 amide bonds. The molecule has 1 aromatic carbocycles. The van der Waals surface area contributed by atoms with Gasteiger partial charge in [-0.25, -0.2) is 0 Å². The first-order valence-electron chi connectivity index (χ1n) is 5.83. The minimum absolute atomic E-state index is 0.0126. The Morgan fingerprint density at radius 1 is 1.33 bits per heavy atom. The average molecular weight is 262 g/mol. The Hall–Kier alpha value is -1.42. The van der Waals surface area contributed by atoms with Crippen LogP contribution in [0.15, 0.2) is 42.6 Å². The predicted octanol–water partition coefficient (Wildman–Crippen LogP) is 2.79. The van der Waals surface area contributed by atoms with Crippen molar-refractivity contribution >= 4 is 11.6 Å². The number of halogens is 1. The van der Waals surface area contributed by atoms with Crippen LogP contribution in [0.1, 0.15) is 22.9 Å². The fourth-order valence-electron chi connectivity index (χ4n) is 1.97. The Morgan fingerprint density at radius 2 is 2.17 bits per heavy atom. The number of aromatic nitrogens is 1. The number of pyridine rings is 1. The van der Waals surface area contributed by atoms with E-state index in [1.165, 1.54) is 5.56 Å². The second kappa shape index (κ2) is 5.96. The number of hydrazine groups is 1. The van der Waals surface area contributed by atoms with Crippen LogP contribution in [0.2, 0.25) is 5.02 Å². The van der Waals surface area contributed by atoms with E-state index < -0.39 is 0 Å². The Kier molecular flexibility index (Phi) is 4.31. The first kappa shape index (κ1) is 13.0. The molecule has 2 rings (SSSR count). The maximum Gasteiger partial charge on any atom is 0.0518 e. The molecule has 1 atom stereocenters. The zero-order valence-corrected chi connectivity index (χ0v) is 11.0. The molecule has 0 aliphatic carbocycles. The fourth-order valence-corrected chi connectivity index (χ4v) is 2.15. The molecule has 0 aliphatic heterocycles. The summed E-state index contributed by atoms with van der Waals surface area (Å²) in [7, 11) is 0. The van der Waals surface area contributed by atoms with Gasteiger partial charge in [0, 0.05) is 23.3 Å². The smallest absolute Gasteiger partial charge is 0.0518 e. The minimum atomic E-state index is 0.0126. The number of nitrogens with two attached hydrogens (primary N) is 1. The van der Waals surface area contributed by atoms with Crippen LogP contribution in [0.3, 0.4) is 0 Å². The molecule has 3 nitrogen and oxygen atoms in total. The number of hydrogen-bond donors (Lipinski definition) is 2. The Balaban J connectivity index is 2.26. The van der Waals surface area contributed by atoms with Crippen molar-refractivity contribution in [2.75, 3.05) is 0 Å². The largest absolute Gasteiger partial charge is 0.271 e. The zero-order chi connectivity index (χ0) is 13.0. The molecular weight excluding hydrogens is 246 g/mol. The SMILES string of the molecule is Cc1ccc(Cl)cc1C(Cc1ccccn1)NN. The van der Waals surface area contributed by atoms with Gasteiger partial charge in [-0.3, -0.25) is 16.3 Å². The molecule has 1 heterocycles. The number of benzene rings is 1. The van der Waals surface area contributed by atoms with Crippen molar-refractivity contribution in [3.05, 3.63) is 64.4 Å².